The maximum atomic E-state index is 12.1. The molecule has 0 radical (unpaired) electrons. The molecule has 0 saturated carbocycles. The van der Waals surface area contributed by atoms with Crippen LogP contribution in [0.1, 0.15) is 23.7 Å². The molecule has 1 aromatic carbocycles. The zero-order valence-electron chi connectivity index (χ0n) is 9.77. The largest absolute Gasteiger partial charge is 0.376 e. The number of nitrogen functional groups attached to an aromatic ring is 1. The van der Waals surface area contributed by atoms with Crippen molar-refractivity contribution in [3.63, 3.8) is 0 Å². The number of nitrogens with one attached hydrogen (secondary N) is 2. The molecule has 1 heterocycles. The van der Waals surface area contributed by atoms with Gasteiger partial charge in [0.2, 0.25) is 0 Å². The summed E-state index contributed by atoms with van der Waals surface area (Å²) in [6, 6.07) is 7.22. The van der Waals surface area contributed by atoms with Crippen LogP contribution in [0, 0.1) is 0 Å². The molecule has 1 saturated heterocycles. The van der Waals surface area contributed by atoms with E-state index in [0.717, 1.165) is 6.42 Å². The van der Waals surface area contributed by atoms with E-state index in [4.69, 9.17) is 10.6 Å². The molecule has 2 unspecified atom stereocenters. The van der Waals surface area contributed by atoms with Crippen LogP contribution in [-0.2, 0) is 4.74 Å². The highest BCUT2D eigenvalue weighted by Crippen LogP contribution is 2.16. The summed E-state index contributed by atoms with van der Waals surface area (Å²) in [5.41, 5.74) is 3.69. The lowest BCUT2D eigenvalue weighted by atomic mass is 10.1. The van der Waals surface area contributed by atoms with Crippen LogP contribution < -0.4 is 16.6 Å². The van der Waals surface area contributed by atoms with Crippen molar-refractivity contribution in [1.82, 2.24) is 5.32 Å². The van der Waals surface area contributed by atoms with Crippen molar-refractivity contribution in [3.8, 4) is 0 Å². The molecule has 2 atom stereocenters. The van der Waals surface area contributed by atoms with Crippen molar-refractivity contribution in [2.75, 3.05) is 12.0 Å². The van der Waals surface area contributed by atoms with E-state index in [0.29, 0.717) is 17.9 Å². The molecule has 5 nitrogen and oxygen atoms in total. The predicted octanol–water partition coefficient (Wildman–Crippen LogP) is 0.879. The Hall–Kier alpha value is -1.59. The zero-order valence-corrected chi connectivity index (χ0v) is 9.77. The average Bonchev–Trinajstić information content (AvgIpc) is 2.75. The Kier molecular flexibility index (Phi) is 3.61. The monoisotopic (exact) mass is 235 g/mol. The molecule has 0 aromatic heterocycles. The van der Waals surface area contributed by atoms with E-state index in [1.807, 2.05) is 19.1 Å². The number of anilines is 1. The highest BCUT2D eigenvalue weighted by atomic mass is 16.5. The quantitative estimate of drug-likeness (QED) is 0.537. The van der Waals surface area contributed by atoms with Gasteiger partial charge in [0.1, 0.15) is 0 Å². The molecule has 1 aliphatic heterocycles. The molecule has 1 aliphatic rings. The third-order valence-corrected chi connectivity index (χ3v) is 3.02. The first-order valence-corrected chi connectivity index (χ1v) is 5.70. The van der Waals surface area contributed by atoms with Gasteiger partial charge in [0.25, 0.3) is 5.91 Å². The number of nitrogens with two attached hydrogens (primary N) is 1. The summed E-state index contributed by atoms with van der Waals surface area (Å²) in [6.45, 7) is 2.66. The molecule has 1 fully saturated rings. The summed E-state index contributed by atoms with van der Waals surface area (Å²) >= 11 is 0. The Morgan fingerprint density at radius 1 is 1.47 bits per heavy atom. The summed E-state index contributed by atoms with van der Waals surface area (Å²) in [6.07, 6.45) is 0.919. The minimum absolute atomic E-state index is 0.0666. The number of carbonyl (C=O) groups excluding carboxylic acids is 1. The van der Waals surface area contributed by atoms with Crippen molar-refractivity contribution in [2.24, 2.45) is 5.84 Å². The number of benzene rings is 1. The SMILES string of the molecule is CC1OCCC1NC(=O)c1ccccc1NN. The van der Waals surface area contributed by atoms with E-state index in [-0.39, 0.29) is 18.1 Å². The molecule has 0 aliphatic carbocycles. The maximum absolute atomic E-state index is 12.1. The Morgan fingerprint density at radius 3 is 2.88 bits per heavy atom. The normalized spacial score (nSPS) is 23.4. The number of ether oxygens (including phenoxy) is 1. The third-order valence-electron chi connectivity index (χ3n) is 3.02. The Balaban J connectivity index is 2.09. The molecule has 4 N–H and O–H groups in total. The van der Waals surface area contributed by atoms with Gasteiger partial charge in [-0.1, -0.05) is 12.1 Å². The number of hydrogen-bond donors (Lipinski definition) is 3. The highest BCUT2D eigenvalue weighted by molar-refractivity contribution is 5.99. The summed E-state index contributed by atoms with van der Waals surface area (Å²) in [7, 11) is 0. The smallest absolute Gasteiger partial charge is 0.253 e. The van der Waals surface area contributed by atoms with Crippen LogP contribution in [0.5, 0.6) is 0 Å². The minimum Gasteiger partial charge on any atom is -0.376 e. The summed E-state index contributed by atoms with van der Waals surface area (Å²) in [5.74, 6) is 5.25. The first-order valence-electron chi connectivity index (χ1n) is 5.70. The lowest BCUT2D eigenvalue weighted by Gasteiger charge is -2.17. The first kappa shape index (κ1) is 11.9. The second-order valence-electron chi connectivity index (χ2n) is 4.13. The number of carbonyl (C=O) groups is 1. The van der Waals surface area contributed by atoms with E-state index in [1.54, 1.807) is 12.1 Å². The van der Waals surface area contributed by atoms with Gasteiger partial charge in [-0.15, -0.1) is 0 Å². The second-order valence-corrected chi connectivity index (χ2v) is 4.13. The maximum Gasteiger partial charge on any atom is 0.253 e. The molecule has 1 amide bonds. The molecule has 17 heavy (non-hydrogen) atoms. The molecular weight excluding hydrogens is 218 g/mol. The molecule has 0 spiro atoms. The van der Waals surface area contributed by atoms with Gasteiger partial charge in [-0.05, 0) is 25.5 Å². The van der Waals surface area contributed by atoms with Gasteiger partial charge < -0.3 is 15.5 Å². The van der Waals surface area contributed by atoms with Gasteiger partial charge in [0.15, 0.2) is 0 Å². The van der Waals surface area contributed by atoms with E-state index in [9.17, 15) is 4.79 Å². The van der Waals surface area contributed by atoms with Gasteiger partial charge >= 0.3 is 0 Å². The van der Waals surface area contributed by atoms with E-state index >= 15 is 0 Å². The number of rotatable bonds is 3. The van der Waals surface area contributed by atoms with Crippen molar-refractivity contribution in [1.29, 1.82) is 0 Å². The fraction of sp³-hybridized carbons (Fsp3) is 0.417. The minimum atomic E-state index is -0.124. The third kappa shape index (κ3) is 2.57. The molecular formula is C12H17N3O2. The Morgan fingerprint density at radius 2 is 2.24 bits per heavy atom. The first-order chi connectivity index (χ1) is 8.22. The fourth-order valence-electron chi connectivity index (χ4n) is 1.97. The van der Waals surface area contributed by atoms with Gasteiger partial charge in [-0.3, -0.25) is 10.6 Å². The van der Waals surface area contributed by atoms with Gasteiger partial charge in [-0.25, -0.2) is 0 Å². The topological polar surface area (TPSA) is 76.4 Å². The van der Waals surface area contributed by atoms with Crippen LogP contribution in [0.15, 0.2) is 24.3 Å². The van der Waals surface area contributed by atoms with Crippen molar-refractivity contribution >= 4 is 11.6 Å². The number of hydrazine groups is 1. The Labute approximate surface area is 100 Å². The fourth-order valence-corrected chi connectivity index (χ4v) is 1.97. The van der Waals surface area contributed by atoms with Gasteiger partial charge in [0.05, 0.1) is 23.4 Å². The van der Waals surface area contributed by atoms with Crippen LogP contribution >= 0.6 is 0 Å². The average molecular weight is 235 g/mol. The lowest BCUT2D eigenvalue weighted by Crippen LogP contribution is -2.39. The molecule has 1 aromatic rings. The van der Waals surface area contributed by atoms with Crippen molar-refractivity contribution < 1.29 is 9.53 Å². The number of para-hydroxylation sites is 1. The molecule has 0 bridgehead atoms. The lowest BCUT2D eigenvalue weighted by molar-refractivity contribution is 0.0867. The number of amides is 1. The predicted molar refractivity (Wildman–Crippen MR) is 65.5 cm³/mol. The zero-order chi connectivity index (χ0) is 12.3. The summed E-state index contributed by atoms with van der Waals surface area (Å²) in [5, 5.41) is 2.96. The van der Waals surface area contributed by atoms with Crippen molar-refractivity contribution in [3.05, 3.63) is 29.8 Å². The van der Waals surface area contributed by atoms with Crippen LogP contribution in [0.2, 0.25) is 0 Å². The summed E-state index contributed by atoms with van der Waals surface area (Å²) < 4.78 is 5.40. The van der Waals surface area contributed by atoms with Crippen LogP contribution in [-0.4, -0.2) is 24.7 Å². The highest BCUT2D eigenvalue weighted by Gasteiger charge is 2.26. The molecule has 5 heteroatoms. The van der Waals surface area contributed by atoms with Crippen molar-refractivity contribution in [2.45, 2.75) is 25.5 Å². The van der Waals surface area contributed by atoms with E-state index < -0.39 is 0 Å². The number of hydrogen-bond acceptors (Lipinski definition) is 4. The van der Waals surface area contributed by atoms with Crippen LogP contribution in [0.25, 0.3) is 0 Å². The second kappa shape index (κ2) is 5.16. The van der Waals surface area contributed by atoms with E-state index in [1.165, 1.54) is 0 Å². The molecule has 92 valence electrons. The Bertz CT molecular complexity index is 408. The molecule has 2 rings (SSSR count). The summed E-state index contributed by atoms with van der Waals surface area (Å²) in [4.78, 5) is 12.1. The van der Waals surface area contributed by atoms with Gasteiger partial charge in [0, 0.05) is 6.61 Å². The van der Waals surface area contributed by atoms with Crippen LogP contribution in [0.4, 0.5) is 5.69 Å². The van der Waals surface area contributed by atoms with Crippen LogP contribution in [0.3, 0.4) is 0 Å². The van der Waals surface area contributed by atoms with E-state index in [2.05, 4.69) is 10.7 Å². The van der Waals surface area contributed by atoms with Gasteiger partial charge in [-0.2, -0.15) is 0 Å². The standard InChI is InChI=1S/C12H17N3O2/c1-8-10(6-7-17-8)14-12(16)9-4-2-3-5-11(9)15-13/h2-5,8,10,15H,6-7,13H2,1H3,(H,14,16).